The van der Waals surface area contributed by atoms with E-state index in [0.29, 0.717) is 29.7 Å². The minimum Gasteiger partial charge on any atom is -0.353 e. The summed E-state index contributed by atoms with van der Waals surface area (Å²) in [7, 11) is 0. The van der Waals surface area contributed by atoms with Crippen LogP contribution in [0.5, 0.6) is 0 Å². The summed E-state index contributed by atoms with van der Waals surface area (Å²) in [6, 6.07) is 0.807. The lowest BCUT2D eigenvalue weighted by Gasteiger charge is -2.25. The highest BCUT2D eigenvalue weighted by atomic mass is 35.5. The molecule has 1 aromatic rings. The van der Waals surface area contributed by atoms with Gasteiger partial charge in [0.1, 0.15) is 0 Å². The fourth-order valence-electron chi connectivity index (χ4n) is 3.53. The lowest BCUT2D eigenvalue weighted by atomic mass is 9.93. The highest BCUT2D eigenvalue weighted by molar-refractivity contribution is 5.85. The van der Waals surface area contributed by atoms with Gasteiger partial charge in [-0.05, 0) is 39.2 Å². The first-order chi connectivity index (χ1) is 10.7. The first-order valence-electron chi connectivity index (χ1n) is 8.56. The van der Waals surface area contributed by atoms with E-state index in [-0.39, 0.29) is 24.7 Å². The van der Waals surface area contributed by atoms with E-state index in [4.69, 9.17) is 4.52 Å². The standard InChI is InChI=1S/C16H26N4O2.ClH/c1-11-9-12(7-8-17-11)16-19-14(20-22-16)10-15(21)18-13-5-3-2-4-6-13;/h11-13,17H,2-10H2,1H3,(H,18,21);1H/t11-,12-;/m0./s1. The van der Waals surface area contributed by atoms with E-state index in [1.54, 1.807) is 0 Å². The second-order valence-corrected chi connectivity index (χ2v) is 6.70. The molecule has 1 aliphatic heterocycles. The Hall–Kier alpha value is -1.14. The van der Waals surface area contributed by atoms with Gasteiger partial charge in [0.05, 0.1) is 6.42 Å². The first-order valence-corrected chi connectivity index (χ1v) is 8.56. The minimum atomic E-state index is 0. The van der Waals surface area contributed by atoms with E-state index >= 15 is 0 Å². The predicted octanol–water partition coefficient (Wildman–Crippen LogP) is 2.34. The van der Waals surface area contributed by atoms with Crippen LogP contribution < -0.4 is 10.6 Å². The van der Waals surface area contributed by atoms with Gasteiger partial charge in [0.25, 0.3) is 0 Å². The van der Waals surface area contributed by atoms with Crippen molar-refractivity contribution in [2.75, 3.05) is 6.54 Å². The van der Waals surface area contributed by atoms with Crippen molar-refractivity contribution >= 4 is 18.3 Å². The normalized spacial score (nSPS) is 25.6. The van der Waals surface area contributed by atoms with Crippen molar-refractivity contribution in [2.45, 2.75) is 76.3 Å². The van der Waals surface area contributed by atoms with Gasteiger partial charge in [-0.3, -0.25) is 4.79 Å². The minimum absolute atomic E-state index is 0. The monoisotopic (exact) mass is 342 g/mol. The summed E-state index contributed by atoms with van der Waals surface area (Å²) in [5.74, 6) is 1.53. The molecule has 1 saturated heterocycles. The summed E-state index contributed by atoms with van der Waals surface area (Å²) < 4.78 is 5.37. The Morgan fingerprint density at radius 1 is 1.30 bits per heavy atom. The number of hydrogen-bond donors (Lipinski definition) is 2. The molecule has 0 aromatic carbocycles. The molecule has 23 heavy (non-hydrogen) atoms. The molecule has 6 nitrogen and oxygen atoms in total. The average Bonchev–Trinajstić information content (AvgIpc) is 2.96. The molecule has 2 heterocycles. The highest BCUT2D eigenvalue weighted by Gasteiger charge is 2.25. The summed E-state index contributed by atoms with van der Waals surface area (Å²) >= 11 is 0. The molecule has 7 heteroatoms. The molecule has 1 saturated carbocycles. The summed E-state index contributed by atoms with van der Waals surface area (Å²) in [4.78, 5) is 16.5. The van der Waals surface area contributed by atoms with Crippen LogP contribution in [0.25, 0.3) is 0 Å². The third-order valence-corrected chi connectivity index (χ3v) is 4.75. The molecular weight excluding hydrogens is 316 g/mol. The topological polar surface area (TPSA) is 80.1 Å². The number of nitrogens with one attached hydrogen (secondary N) is 2. The number of amides is 1. The lowest BCUT2D eigenvalue weighted by molar-refractivity contribution is -0.121. The van der Waals surface area contributed by atoms with E-state index in [9.17, 15) is 4.79 Å². The van der Waals surface area contributed by atoms with Crippen LogP contribution in [0.4, 0.5) is 0 Å². The molecule has 1 aromatic heterocycles. The van der Waals surface area contributed by atoms with Crippen molar-refractivity contribution in [1.29, 1.82) is 0 Å². The Morgan fingerprint density at radius 2 is 2.09 bits per heavy atom. The fraction of sp³-hybridized carbons (Fsp3) is 0.812. The highest BCUT2D eigenvalue weighted by Crippen LogP contribution is 2.26. The van der Waals surface area contributed by atoms with Gasteiger partial charge in [0, 0.05) is 18.0 Å². The zero-order valence-electron chi connectivity index (χ0n) is 13.7. The quantitative estimate of drug-likeness (QED) is 0.877. The molecule has 2 fully saturated rings. The second-order valence-electron chi connectivity index (χ2n) is 6.70. The number of piperidine rings is 1. The van der Waals surface area contributed by atoms with Crippen molar-refractivity contribution in [3.63, 3.8) is 0 Å². The number of rotatable bonds is 4. The zero-order valence-corrected chi connectivity index (χ0v) is 14.5. The Bertz CT molecular complexity index is 502. The van der Waals surface area contributed by atoms with Crippen LogP contribution in [0.1, 0.15) is 69.5 Å². The number of carbonyl (C=O) groups excluding carboxylic acids is 1. The SMILES string of the molecule is C[C@H]1C[C@@H](c2nc(CC(=O)NC3CCCCC3)no2)CCN1.Cl. The predicted molar refractivity (Wildman–Crippen MR) is 89.7 cm³/mol. The Morgan fingerprint density at radius 3 is 2.83 bits per heavy atom. The molecular formula is C16H27ClN4O2. The number of carbonyl (C=O) groups is 1. The molecule has 2 aliphatic rings. The Labute approximate surface area is 143 Å². The fourth-order valence-corrected chi connectivity index (χ4v) is 3.53. The van der Waals surface area contributed by atoms with Gasteiger partial charge in [0.15, 0.2) is 5.82 Å². The van der Waals surface area contributed by atoms with Crippen molar-refractivity contribution in [3.05, 3.63) is 11.7 Å². The first kappa shape index (κ1) is 18.2. The molecule has 0 bridgehead atoms. The number of hydrogen-bond acceptors (Lipinski definition) is 5. The maximum Gasteiger partial charge on any atom is 0.229 e. The van der Waals surface area contributed by atoms with Gasteiger partial charge in [-0.15, -0.1) is 12.4 Å². The molecule has 1 aliphatic carbocycles. The Kier molecular flexibility index (Phi) is 6.84. The summed E-state index contributed by atoms with van der Waals surface area (Å²) in [6.45, 7) is 3.15. The van der Waals surface area contributed by atoms with E-state index in [1.807, 2.05) is 0 Å². The zero-order chi connectivity index (χ0) is 15.4. The van der Waals surface area contributed by atoms with Crippen LogP contribution in [0.15, 0.2) is 4.52 Å². The number of halogens is 1. The van der Waals surface area contributed by atoms with Crippen LogP contribution in [-0.4, -0.2) is 34.7 Å². The van der Waals surface area contributed by atoms with Crippen LogP contribution in [0, 0.1) is 0 Å². The molecule has 0 spiro atoms. The van der Waals surface area contributed by atoms with E-state index in [2.05, 4.69) is 27.7 Å². The van der Waals surface area contributed by atoms with Gasteiger partial charge < -0.3 is 15.2 Å². The van der Waals surface area contributed by atoms with Crippen molar-refractivity contribution in [2.24, 2.45) is 0 Å². The van der Waals surface area contributed by atoms with Crippen molar-refractivity contribution in [3.8, 4) is 0 Å². The van der Waals surface area contributed by atoms with Crippen LogP contribution in [0.2, 0.25) is 0 Å². The number of nitrogens with zero attached hydrogens (tertiary/aromatic N) is 2. The smallest absolute Gasteiger partial charge is 0.229 e. The van der Waals surface area contributed by atoms with Crippen LogP contribution in [0.3, 0.4) is 0 Å². The molecule has 1 amide bonds. The van der Waals surface area contributed by atoms with Crippen molar-refractivity contribution < 1.29 is 9.32 Å². The van der Waals surface area contributed by atoms with Gasteiger partial charge in [-0.25, -0.2) is 0 Å². The van der Waals surface area contributed by atoms with Gasteiger partial charge in [-0.1, -0.05) is 24.4 Å². The average molecular weight is 343 g/mol. The summed E-state index contributed by atoms with van der Waals surface area (Å²) in [5, 5.41) is 10.5. The molecule has 2 atom stereocenters. The van der Waals surface area contributed by atoms with E-state index < -0.39 is 0 Å². The molecule has 0 unspecified atom stereocenters. The van der Waals surface area contributed by atoms with E-state index in [1.165, 1.54) is 19.3 Å². The second kappa shape index (κ2) is 8.64. The van der Waals surface area contributed by atoms with Crippen LogP contribution >= 0.6 is 12.4 Å². The lowest BCUT2D eigenvalue weighted by Crippen LogP contribution is -2.37. The largest absolute Gasteiger partial charge is 0.353 e. The summed E-state index contributed by atoms with van der Waals surface area (Å²) in [5.41, 5.74) is 0. The van der Waals surface area contributed by atoms with Gasteiger partial charge in [0.2, 0.25) is 11.8 Å². The summed E-state index contributed by atoms with van der Waals surface area (Å²) in [6.07, 6.45) is 8.15. The third kappa shape index (κ3) is 5.18. The van der Waals surface area contributed by atoms with Crippen LogP contribution in [-0.2, 0) is 11.2 Å². The molecule has 0 radical (unpaired) electrons. The molecule has 2 N–H and O–H groups in total. The van der Waals surface area contributed by atoms with E-state index in [0.717, 1.165) is 32.2 Å². The molecule has 130 valence electrons. The maximum absolute atomic E-state index is 12.1. The Balaban J connectivity index is 0.00000192. The molecule has 3 rings (SSSR count). The van der Waals surface area contributed by atoms with Crippen molar-refractivity contribution in [1.82, 2.24) is 20.8 Å². The van der Waals surface area contributed by atoms with Gasteiger partial charge in [-0.2, -0.15) is 4.98 Å². The number of aromatic nitrogens is 2. The van der Waals surface area contributed by atoms with Gasteiger partial charge >= 0.3 is 0 Å². The maximum atomic E-state index is 12.1. The third-order valence-electron chi connectivity index (χ3n) is 4.75.